The minimum absolute atomic E-state index is 0.148. The van der Waals surface area contributed by atoms with Crippen LogP contribution in [0.25, 0.3) is 0 Å². The largest absolute Gasteiger partial charge is 0.372 e. The van der Waals surface area contributed by atoms with Crippen LogP contribution in [-0.4, -0.2) is 64.8 Å². The molecule has 0 aromatic heterocycles. The van der Waals surface area contributed by atoms with Crippen LogP contribution >= 0.6 is 0 Å². The monoisotopic (exact) mass is 634 g/mol. The Labute approximate surface area is 265 Å². The van der Waals surface area contributed by atoms with E-state index in [0.717, 1.165) is 12.8 Å². The Hall–Kier alpha value is -5.11. The maximum atomic E-state index is 12.6. The van der Waals surface area contributed by atoms with Gasteiger partial charge in [0.05, 0.1) is 6.04 Å². The molecule has 2 fully saturated rings. The Balaban J connectivity index is 1.11. The van der Waals surface area contributed by atoms with E-state index in [0.29, 0.717) is 36.2 Å². The van der Waals surface area contributed by atoms with Crippen LogP contribution < -0.4 is 31.9 Å². The smallest absolute Gasteiger partial charge is 0.252 e. The van der Waals surface area contributed by atoms with Crippen molar-refractivity contribution in [1.29, 1.82) is 0 Å². The molecule has 0 saturated carbocycles. The van der Waals surface area contributed by atoms with Crippen molar-refractivity contribution in [2.75, 3.05) is 10.6 Å². The average molecular weight is 635 g/mol. The minimum Gasteiger partial charge on any atom is -0.372 e. The lowest BCUT2D eigenvalue weighted by Crippen LogP contribution is -2.55. The van der Waals surface area contributed by atoms with Crippen LogP contribution in [0.4, 0.5) is 11.4 Å². The lowest BCUT2D eigenvalue weighted by molar-refractivity contribution is -0.134. The molecule has 0 radical (unpaired) electrons. The molecule has 2 aromatic carbocycles. The lowest BCUT2D eigenvalue weighted by Gasteiger charge is -2.28. The van der Waals surface area contributed by atoms with Crippen molar-refractivity contribution in [3.05, 3.63) is 59.7 Å². The molecular weight excluding hydrogens is 596 g/mol. The highest BCUT2D eigenvalue weighted by Crippen LogP contribution is 2.16. The molecule has 7 amide bonds. The normalized spacial score (nSPS) is 19.3. The number of imide groups is 1. The minimum atomic E-state index is -1.16. The fourth-order valence-electron chi connectivity index (χ4n) is 5.11. The van der Waals surface area contributed by atoms with Gasteiger partial charge >= 0.3 is 0 Å². The number of carbonyl (C=O) groups is 7. The summed E-state index contributed by atoms with van der Waals surface area (Å²) in [6.07, 6.45) is 2.97. The van der Waals surface area contributed by atoms with Crippen molar-refractivity contribution in [1.82, 2.24) is 21.3 Å². The molecule has 2 saturated heterocycles. The summed E-state index contributed by atoms with van der Waals surface area (Å²) in [5.74, 6) is -2.52. The molecule has 0 bridgehead atoms. The molecule has 46 heavy (non-hydrogen) atoms. The summed E-state index contributed by atoms with van der Waals surface area (Å²) in [5, 5.41) is 25.4. The van der Waals surface area contributed by atoms with Crippen molar-refractivity contribution in [3.63, 3.8) is 0 Å². The van der Waals surface area contributed by atoms with Gasteiger partial charge in [0, 0.05) is 48.2 Å². The SMILES string of the molecule is O=C1CCC(NC(=O)c2cccc(NC(=O)CCCCCCC(=O)Nc3cccc(C(=O)NC4CCC(=O)NC4O)c3)c2)C(=O)N1. The van der Waals surface area contributed by atoms with E-state index in [4.69, 9.17) is 0 Å². The van der Waals surface area contributed by atoms with Gasteiger partial charge in [0.1, 0.15) is 12.3 Å². The topological polar surface area (TPSA) is 212 Å². The molecule has 4 rings (SSSR count). The highest BCUT2D eigenvalue weighted by atomic mass is 16.3. The number of nitrogens with one attached hydrogen (secondary N) is 6. The molecule has 0 aliphatic carbocycles. The van der Waals surface area contributed by atoms with E-state index in [-0.39, 0.29) is 61.3 Å². The summed E-state index contributed by atoms with van der Waals surface area (Å²) in [6, 6.07) is 11.4. The van der Waals surface area contributed by atoms with Gasteiger partial charge in [-0.3, -0.25) is 38.9 Å². The number of hydrogen-bond donors (Lipinski definition) is 7. The number of carbonyl (C=O) groups excluding carboxylic acids is 7. The maximum Gasteiger partial charge on any atom is 0.252 e. The summed E-state index contributed by atoms with van der Waals surface area (Å²) < 4.78 is 0. The van der Waals surface area contributed by atoms with Crippen LogP contribution in [0.2, 0.25) is 0 Å². The lowest BCUT2D eigenvalue weighted by atomic mass is 10.0. The van der Waals surface area contributed by atoms with Gasteiger partial charge in [0.25, 0.3) is 11.8 Å². The van der Waals surface area contributed by atoms with Crippen molar-refractivity contribution in [2.45, 2.75) is 82.5 Å². The van der Waals surface area contributed by atoms with Crippen molar-refractivity contribution in [3.8, 4) is 0 Å². The van der Waals surface area contributed by atoms with Gasteiger partial charge < -0.3 is 31.7 Å². The van der Waals surface area contributed by atoms with E-state index in [1.807, 2.05) is 0 Å². The number of aliphatic hydroxyl groups is 1. The van der Waals surface area contributed by atoms with Gasteiger partial charge in [-0.15, -0.1) is 0 Å². The van der Waals surface area contributed by atoms with Crippen molar-refractivity contribution in [2.24, 2.45) is 0 Å². The van der Waals surface area contributed by atoms with Gasteiger partial charge in [0.2, 0.25) is 29.5 Å². The molecular formula is C32H38N6O8. The first-order chi connectivity index (χ1) is 22.1. The summed E-state index contributed by atoms with van der Waals surface area (Å²) in [6.45, 7) is 0. The average Bonchev–Trinajstić information content (AvgIpc) is 3.01. The van der Waals surface area contributed by atoms with E-state index in [1.165, 1.54) is 6.07 Å². The second-order valence-corrected chi connectivity index (χ2v) is 11.3. The Morgan fingerprint density at radius 2 is 1.26 bits per heavy atom. The third-order valence-corrected chi connectivity index (χ3v) is 7.61. The van der Waals surface area contributed by atoms with Crippen LogP contribution in [-0.2, 0) is 24.0 Å². The van der Waals surface area contributed by atoms with Gasteiger partial charge in [-0.05, 0) is 62.1 Å². The number of benzene rings is 2. The van der Waals surface area contributed by atoms with E-state index in [2.05, 4.69) is 31.9 Å². The fraction of sp³-hybridized carbons (Fsp3) is 0.406. The summed E-state index contributed by atoms with van der Waals surface area (Å²) in [5.41, 5.74) is 1.48. The van der Waals surface area contributed by atoms with Crippen molar-refractivity contribution < 1.29 is 38.7 Å². The molecule has 2 aliphatic heterocycles. The summed E-state index contributed by atoms with van der Waals surface area (Å²) >= 11 is 0. The zero-order valence-electron chi connectivity index (χ0n) is 25.2. The Bertz CT molecular complexity index is 1490. The first-order valence-electron chi connectivity index (χ1n) is 15.3. The number of anilines is 2. The van der Waals surface area contributed by atoms with Crippen LogP contribution in [0.3, 0.4) is 0 Å². The molecule has 0 spiro atoms. The summed E-state index contributed by atoms with van der Waals surface area (Å²) in [7, 11) is 0. The highest BCUT2D eigenvalue weighted by Gasteiger charge is 2.29. The third kappa shape index (κ3) is 10.2. The number of rotatable bonds is 13. The quantitative estimate of drug-likeness (QED) is 0.126. The second kappa shape index (κ2) is 16.3. The second-order valence-electron chi connectivity index (χ2n) is 11.3. The third-order valence-electron chi connectivity index (χ3n) is 7.61. The fourth-order valence-corrected chi connectivity index (χ4v) is 5.11. The van der Waals surface area contributed by atoms with E-state index >= 15 is 0 Å². The first-order valence-corrected chi connectivity index (χ1v) is 15.3. The number of aliphatic hydroxyl groups excluding tert-OH is 1. The van der Waals surface area contributed by atoms with Gasteiger partial charge in [-0.1, -0.05) is 25.0 Å². The molecule has 2 aromatic rings. The molecule has 3 atom stereocenters. The highest BCUT2D eigenvalue weighted by molar-refractivity contribution is 6.04. The van der Waals surface area contributed by atoms with Crippen LogP contribution in [0.1, 0.15) is 84.9 Å². The van der Waals surface area contributed by atoms with E-state index < -0.39 is 36.0 Å². The maximum absolute atomic E-state index is 12.6. The predicted molar refractivity (Wildman–Crippen MR) is 166 cm³/mol. The summed E-state index contributed by atoms with van der Waals surface area (Å²) in [4.78, 5) is 84.6. The number of amides is 7. The Morgan fingerprint density at radius 1 is 0.717 bits per heavy atom. The molecule has 3 unspecified atom stereocenters. The molecule has 2 heterocycles. The molecule has 14 nitrogen and oxygen atoms in total. The van der Waals surface area contributed by atoms with Crippen LogP contribution in [0.15, 0.2) is 48.5 Å². The van der Waals surface area contributed by atoms with Crippen molar-refractivity contribution >= 4 is 52.7 Å². The molecule has 244 valence electrons. The number of piperidine rings is 2. The van der Waals surface area contributed by atoms with Crippen LogP contribution in [0, 0.1) is 0 Å². The van der Waals surface area contributed by atoms with Gasteiger partial charge in [-0.25, -0.2) is 0 Å². The van der Waals surface area contributed by atoms with E-state index in [9.17, 15) is 38.7 Å². The molecule has 7 N–H and O–H groups in total. The molecule has 14 heteroatoms. The number of hydrogen-bond acceptors (Lipinski definition) is 8. The zero-order valence-corrected chi connectivity index (χ0v) is 25.2. The predicted octanol–water partition coefficient (Wildman–Crippen LogP) is 1.47. The molecule has 2 aliphatic rings. The van der Waals surface area contributed by atoms with Gasteiger partial charge in [0.15, 0.2) is 0 Å². The Kier molecular flexibility index (Phi) is 11.9. The van der Waals surface area contributed by atoms with Crippen LogP contribution in [0.5, 0.6) is 0 Å². The number of unbranched alkanes of at least 4 members (excludes halogenated alkanes) is 3. The van der Waals surface area contributed by atoms with Gasteiger partial charge in [-0.2, -0.15) is 0 Å². The standard InChI is InChI=1S/C32H38N6O8/c39-25(33-21-9-5-7-19(17-21)29(43)35-23-13-15-27(41)37-31(23)45)11-3-1-2-4-12-26(40)34-22-10-6-8-20(18-22)30(44)36-24-14-16-28(42)38-32(24)46/h5-10,17-18,23-24,31,45H,1-4,11-16H2,(H,33,39)(H,34,40)(H,35,43)(H,36,44)(H,37,41)(H,38,42,46). The first kappa shape index (κ1) is 33.8. The van der Waals surface area contributed by atoms with E-state index in [1.54, 1.807) is 42.5 Å². The zero-order chi connectivity index (χ0) is 33.1. The Morgan fingerprint density at radius 3 is 1.80 bits per heavy atom.